The summed E-state index contributed by atoms with van der Waals surface area (Å²) in [4.78, 5) is 25.6. The van der Waals surface area contributed by atoms with E-state index in [0.29, 0.717) is 22.1 Å². The van der Waals surface area contributed by atoms with E-state index in [0.717, 1.165) is 10.4 Å². The van der Waals surface area contributed by atoms with Crippen molar-refractivity contribution in [3.05, 3.63) is 39.6 Å². The molecule has 0 radical (unpaired) electrons. The van der Waals surface area contributed by atoms with Gasteiger partial charge in [0.05, 0.1) is 25.6 Å². The third kappa shape index (κ3) is 4.26. The van der Waals surface area contributed by atoms with Crippen molar-refractivity contribution < 1.29 is 19.1 Å². The van der Waals surface area contributed by atoms with E-state index in [9.17, 15) is 9.59 Å². The molecule has 6 nitrogen and oxygen atoms in total. The van der Waals surface area contributed by atoms with Crippen LogP contribution in [0.25, 0.3) is 0 Å². The van der Waals surface area contributed by atoms with Crippen LogP contribution in [0.15, 0.2) is 24.3 Å². The Hall–Kier alpha value is -2.54. The van der Waals surface area contributed by atoms with Gasteiger partial charge in [0.15, 0.2) is 11.5 Å². The van der Waals surface area contributed by atoms with E-state index in [-0.39, 0.29) is 18.4 Å². The predicted octanol–water partition coefficient (Wildman–Crippen LogP) is 2.75. The summed E-state index contributed by atoms with van der Waals surface area (Å²) < 4.78 is 10.4. The molecule has 0 bridgehead atoms. The summed E-state index contributed by atoms with van der Waals surface area (Å²) in [6.45, 7) is 3.67. The van der Waals surface area contributed by atoms with Gasteiger partial charge in [-0.2, -0.15) is 0 Å². The molecule has 0 aliphatic rings. The maximum atomic E-state index is 12.1. The monoisotopic (exact) mass is 348 g/mol. The Kier molecular flexibility index (Phi) is 5.81. The third-order valence-corrected chi connectivity index (χ3v) is 4.38. The van der Waals surface area contributed by atoms with Gasteiger partial charge in [0.25, 0.3) is 5.91 Å². The number of nitrogens with one attached hydrogen (secondary N) is 2. The first-order chi connectivity index (χ1) is 11.4. The molecule has 0 spiro atoms. The summed E-state index contributed by atoms with van der Waals surface area (Å²) in [6.07, 6.45) is 0. The van der Waals surface area contributed by atoms with Crippen LogP contribution in [0.4, 0.5) is 5.69 Å². The molecule has 2 amide bonds. The minimum atomic E-state index is -0.313. The molecule has 2 N–H and O–H groups in total. The van der Waals surface area contributed by atoms with Crippen LogP contribution in [0.2, 0.25) is 0 Å². The summed E-state index contributed by atoms with van der Waals surface area (Å²) in [7, 11) is 3.08. The predicted molar refractivity (Wildman–Crippen MR) is 94.3 cm³/mol. The summed E-state index contributed by atoms with van der Waals surface area (Å²) in [5, 5.41) is 5.37. The fourth-order valence-electron chi connectivity index (χ4n) is 2.11. The van der Waals surface area contributed by atoms with Crippen LogP contribution in [-0.4, -0.2) is 32.6 Å². The van der Waals surface area contributed by atoms with E-state index in [1.165, 1.54) is 18.4 Å². The number of methoxy groups -OCH3 is 2. The van der Waals surface area contributed by atoms with Crippen molar-refractivity contribution in [3.8, 4) is 11.5 Å². The molecule has 2 aromatic rings. The molecule has 0 fully saturated rings. The van der Waals surface area contributed by atoms with Gasteiger partial charge < -0.3 is 20.1 Å². The zero-order chi connectivity index (χ0) is 17.7. The molecule has 1 aromatic carbocycles. The number of ether oxygens (including phenoxy) is 2. The Balaban J connectivity index is 1.98. The number of thiophene rings is 1. The number of anilines is 1. The van der Waals surface area contributed by atoms with Gasteiger partial charge in [0, 0.05) is 16.6 Å². The molecule has 128 valence electrons. The molecule has 24 heavy (non-hydrogen) atoms. The largest absolute Gasteiger partial charge is 0.493 e. The van der Waals surface area contributed by atoms with Crippen molar-refractivity contribution in [2.24, 2.45) is 0 Å². The minimum absolute atomic E-state index is 0.108. The third-order valence-electron chi connectivity index (χ3n) is 3.38. The number of rotatable bonds is 6. The lowest BCUT2D eigenvalue weighted by atomic mass is 10.1. The molecule has 2 rings (SSSR count). The fraction of sp³-hybridized carbons (Fsp3) is 0.294. The number of carbonyl (C=O) groups excluding carboxylic acids is 2. The summed E-state index contributed by atoms with van der Waals surface area (Å²) in [5.74, 6) is 0.546. The second kappa shape index (κ2) is 7.83. The van der Waals surface area contributed by atoms with Gasteiger partial charge >= 0.3 is 0 Å². The Morgan fingerprint density at radius 2 is 1.75 bits per heavy atom. The SMILES string of the molecule is COc1cc(C)c(NC(=O)CNC(=O)c2ccc(C)s2)cc1OC. The first kappa shape index (κ1) is 17.8. The number of carbonyl (C=O) groups is 2. The van der Waals surface area contributed by atoms with Gasteiger partial charge in [-0.3, -0.25) is 9.59 Å². The molecule has 1 heterocycles. The fourth-order valence-corrected chi connectivity index (χ4v) is 2.90. The average Bonchev–Trinajstić information content (AvgIpc) is 3.00. The van der Waals surface area contributed by atoms with Gasteiger partial charge in [-0.15, -0.1) is 11.3 Å². The highest BCUT2D eigenvalue weighted by molar-refractivity contribution is 7.13. The molecular formula is C17H20N2O4S. The Bertz CT molecular complexity index is 755. The van der Waals surface area contributed by atoms with Crippen molar-refractivity contribution in [3.63, 3.8) is 0 Å². The van der Waals surface area contributed by atoms with E-state index < -0.39 is 0 Å². The average molecular weight is 348 g/mol. The van der Waals surface area contributed by atoms with Crippen molar-refractivity contribution in [1.82, 2.24) is 5.32 Å². The second-order valence-electron chi connectivity index (χ2n) is 5.16. The van der Waals surface area contributed by atoms with Crippen LogP contribution < -0.4 is 20.1 Å². The van der Waals surface area contributed by atoms with Gasteiger partial charge in [-0.1, -0.05) is 0 Å². The second-order valence-corrected chi connectivity index (χ2v) is 6.45. The van der Waals surface area contributed by atoms with E-state index in [1.807, 2.05) is 19.9 Å². The van der Waals surface area contributed by atoms with Crippen LogP contribution in [-0.2, 0) is 4.79 Å². The van der Waals surface area contributed by atoms with Crippen LogP contribution >= 0.6 is 11.3 Å². The normalized spacial score (nSPS) is 10.2. The number of amides is 2. The number of benzene rings is 1. The smallest absolute Gasteiger partial charge is 0.261 e. The van der Waals surface area contributed by atoms with Crippen LogP contribution in [0.5, 0.6) is 11.5 Å². The Labute approximate surface area is 144 Å². The molecule has 0 saturated heterocycles. The lowest BCUT2D eigenvalue weighted by Crippen LogP contribution is -2.32. The van der Waals surface area contributed by atoms with Crippen molar-refractivity contribution >= 4 is 28.8 Å². The summed E-state index contributed by atoms with van der Waals surface area (Å²) in [5.41, 5.74) is 1.44. The molecular weight excluding hydrogens is 328 g/mol. The van der Waals surface area contributed by atoms with Crippen LogP contribution in [0.1, 0.15) is 20.1 Å². The standard InChI is InChI=1S/C17H20N2O4S/c1-10-7-13(22-3)14(23-4)8-12(10)19-16(20)9-18-17(21)15-6-5-11(2)24-15/h5-8H,9H2,1-4H3,(H,18,21)(H,19,20). The maximum absolute atomic E-state index is 12.1. The van der Waals surface area contributed by atoms with Crippen molar-refractivity contribution in [2.75, 3.05) is 26.1 Å². The Morgan fingerprint density at radius 1 is 1.08 bits per heavy atom. The number of hydrogen-bond acceptors (Lipinski definition) is 5. The summed E-state index contributed by atoms with van der Waals surface area (Å²) in [6, 6.07) is 7.08. The molecule has 0 saturated carbocycles. The van der Waals surface area contributed by atoms with Crippen LogP contribution in [0.3, 0.4) is 0 Å². The highest BCUT2D eigenvalue weighted by Crippen LogP contribution is 2.32. The lowest BCUT2D eigenvalue weighted by molar-refractivity contribution is -0.115. The first-order valence-corrected chi connectivity index (χ1v) is 8.13. The lowest BCUT2D eigenvalue weighted by Gasteiger charge is -2.13. The van der Waals surface area contributed by atoms with Gasteiger partial charge in [0.2, 0.25) is 5.91 Å². The highest BCUT2D eigenvalue weighted by Gasteiger charge is 2.13. The van der Waals surface area contributed by atoms with Crippen molar-refractivity contribution in [1.29, 1.82) is 0 Å². The highest BCUT2D eigenvalue weighted by atomic mass is 32.1. The molecule has 0 unspecified atom stereocenters. The van der Waals surface area contributed by atoms with Gasteiger partial charge in [-0.05, 0) is 37.6 Å². The van der Waals surface area contributed by atoms with E-state index in [2.05, 4.69) is 10.6 Å². The number of hydrogen-bond donors (Lipinski definition) is 2. The molecule has 7 heteroatoms. The van der Waals surface area contributed by atoms with Crippen molar-refractivity contribution in [2.45, 2.75) is 13.8 Å². The van der Waals surface area contributed by atoms with Crippen LogP contribution in [0, 0.1) is 13.8 Å². The number of aryl methyl sites for hydroxylation is 2. The first-order valence-electron chi connectivity index (χ1n) is 7.31. The van der Waals surface area contributed by atoms with E-state index in [1.54, 1.807) is 25.3 Å². The topological polar surface area (TPSA) is 76.7 Å². The van der Waals surface area contributed by atoms with Gasteiger partial charge in [-0.25, -0.2) is 0 Å². The van der Waals surface area contributed by atoms with E-state index >= 15 is 0 Å². The molecule has 1 aromatic heterocycles. The van der Waals surface area contributed by atoms with E-state index in [4.69, 9.17) is 9.47 Å². The maximum Gasteiger partial charge on any atom is 0.261 e. The molecule has 0 aliphatic carbocycles. The van der Waals surface area contributed by atoms with Gasteiger partial charge in [0.1, 0.15) is 0 Å². The minimum Gasteiger partial charge on any atom is -0.493 e. The Morgan fingerprint density at radius 3 is 2.33 bits per heavy atom. The summed E-state index contributed by atoms with van der Waals surface area (Å²) >= 11 is 1.39. The zero-order valence-corrected chi connectivity index (χ0v) is 14.9. The quantitative estimate of drug-likeness (QED) is 0.841. The zero-order valence-electron chi connectivity index (χ0n) is 14.1. The molecule has 0 aliphatic heterocycles. The molecule has 0 atom stereocenters.